The first kappa shape index (κ1) is 18.4. The summed E-state index contributed by atoms with van der Waals surface area (Å²) in [6.07, 6.45) is 0.288. The molecule has 2 amide bonds. The van der Waals surface area contributed by atoms with Gasteiger partial charge in [-0.3, -0.25) is 4.79 Å². The van der Waals surface area contributed by atoms with Crippen LogP contribution < -0.4 is 0 Å². The van der Waals surface area contributed by atoms with Crippen LogP contribution in [0.3, 0.4) is 0 Å². The number of aromatic hydroxyl groups is 1. The summed E-state index contributed by atoms with van der Waals surface area (Å²) in [6, 6.07) is 4.27. The molecule has 1 aromatic carbocycles. The van der Waals surface area contributed by atoms with Gasteiger partial charge in [0.2, 0.25) is 0 Å². The second-order valence-electron chi connectivity index (χ2n) is 6.95. The Hall–Kier alpha value is -1.95. The summed E-state index contributed by atoms with van der Waals surface area (Å²) in [5.41, 5.74) is -0.357. The fourth-order valence-corrected chi connectivity index (χ4v) is 2.76. The molecule has 0 saturated carbocycles. The summed E-state index contributed by atoms with van der Waals surface area (Å²) in [5, 5.41) is 10.3. The van der Waals surface area contributed by atoms with E-state index in [0.717, 1.165) is 0 Å². The highest BCUT2D eigenvalue weighted by Crippen LogP contribution is 2.25. The van der Waals surface area contributed by atoms with E-state index >= 15 is 0 Å². The Morgan fingerprint density at radius 2 is 2.04 bits per heavy atom. The van der Waals surface area contributed by atoms with E-state index in [1.165, 1.54) is 12.1 Å². The van der Waals surface area contributed by atoms with Crippen LogP contribution in [0.5, 0.6) is 5.75 Å². The summed E-state index contributed by atoms with van der Waals surface area (Å²) in [7, 11) is 1.67. The number of amides is 2. The molecule has 0 radical (unpaired) electrons. The van der Waals surface area contributed by atoms with Gasteiger partial charge in [0, 0.05) is 25.2 Å². The van der Waals surface area contributed by atoms with Gasteiger partial charge in [0.15, 0.2) is 0 Å². The molecule has 0 bridgehead atoms. The third-order valence-electron chi connectivity index (χ3n) is 3.87. The minimum atomic E-state index is -0.550. The fraction of sp³-hybridized carbons (Fsp3) is 0.529. The number of hydrogen-bond acceptors (Lipinski definition) is 4. The van der Waals surface area contributed by atoms with E-state index < -0.39 is 5.60 Å². The first-order valence-electron chi connectivity index (χ1n) is 7.82. The van der Waals surface area contributed by atoms with Crippen molar-refractivity contribution in [2.45, 2.75) is 38.8 Å². The summed E-state index contributed by atoms with van der Waals surface area (Å²) in [6.45, 7) is 6.39. The van der Waals surface area contributed by atoms with Crippen LogP contribution in [0.2, 0.25) is 5.02 Å². The molecule has 1 aliphatic rings. The summed E-state index contributed by atoms with van der Waals surface area (Å²) < 4.78 is 5.36. The molecular formula is C17H23ClN2O4. The van der Waals surface area contributed by atoms with Crippen LogP contribution in [-0.2, 0) is 4.74 Å². The normalized spacial score (nSPS) is 17.7. The molecule has 1 heterocycles. The monoisotopic (exact) mass is 354 g/mol. The number of phenols is 1. The molecule has 1 fully saturated rings. The van der Waals surface area contributed by atoms with Crippen LogP contribution in [0.1, 0.15) is 37.6 Å². The Kier molecular flexibility index (Phi) is 5.28. The van der Waals surface area contributed by atoms with Crippen molar-refractivity contribution < 1.29 is 19.4 Å². The predicted molar refractivity (Wildman–Crippen MR) is 91.4 cm³/mol. The van der Waals surface area contributed by atoms with Gasteiger partial charge in [-0.2, -0.15) is 0 Å². The average molecular weight is 355 g/mol. The van der Waals surface area contributed by atoms with Gasteiger partial charge in [-0.1, -0.05) is 11.6 Å². The molecule has 1 atom stereocenters. The predicted octanol–water partition coefficient (Wildman–Crippen LogP) is 3.13. The fourth-order valence-electron chi connectivity index (χ4n) is 2.59. The highest BCUT2D eigenvalue weighted by Gasteiger charge is 2.34. The second-order valence-corrected chi connectivity index (χ2v) is 7.38. The van der Waals surface area contributed by atoms with E-state index in [1.807, 2.05) is 20.8 Å². The molecule has 1 N–H and O–H groups in total. The maximum absolute atomic E-state index is 12.6. The molecule has 132 valence electrons. The van der Waals surface area contributed by atoms with Crippen molar-refractivity contribution in [3.05, 3.63) is 28.8 Å². The Bertz CT molecular complexity index is 642. The quantitative estimate of drug-likeness (QED) is 0.885. The van der Waals surface area contributed by atoms with Gasteiger partial charge in [-0.25, -0.2) is 4.79 Å². The van der Waals surface area contributed by atoms with Crippen LogP contribution in [0.25, 0.3) is 0 Å². The van der Waals surface area contributed by atoms with Crippen LogP contribution in [0, 0.1) is 0 Å². The molecule has 2 rings (SSSR count). The van der Waals surface area contributed by atoms with Crippen molar-refractivity contribution in [1.82, 2.24) is 9.80 Å². The SMILES string of the molecule is CN(C(=O)c1ccc(Cl)cc1O)C1CCN(C(=O)OC(C)(C)C)C1. The molecule has 0 spiro atoms. The van der Waals surface area contributed by atoms with Crippen molar-refractivity contribution in [1.29, 1.82) is 0 Å². The Morgan fingerprint density at radius 1 is 1.38 bits per heavy atom. The largest absolute Gasteiger partial charge is 0.507 e. The van der Waals surface area contributed by atoms with E-state index in [4.69, 9.17) is 16.3 Å². The Labute approximate surface area is 146 Å². The minimum Gasteiger partial charge on any atom is -0.507 e. The standard InChI is InChI=1S/C17H23ClN2O4/c1-17(2,3)24-16(23)20-8-7-12(10-20)19(4)15(22)13-6-5-11(18)9-14(13)21/h5-6,9,12,21H,7-8,10H2,1-4H3. The number of likely N-dealkylation sites (tertiary alicyclic amines) is 1. The lowest BCUT2D eigenvalue weighted by molar-refractivity contribution is 0.0279. The van der Waals surface area contributed by atoms with Crippen molar-refractivity contribution in [3.8, 4) is 5.75 Å². The molecular weight excluding hydrogens is 332 g/mol. The molecule has 24 heavy (non-hydrogen) atoms. The number of carbonyl (C=O) groups excluding carboxylic acids is 2. The lowest BCUT2D eigenvalue weighted by atomic mass is 10.1. The number of hydrogen-bond donors (Lipinski definition) is 1. The lowest BCUT2D eigenvalue weighted by Gasteiger charge is -2.27. The molecule has 7 heteroatoms. The maximum atomic E-state index is 12.6. The molecule has 1 unspecified atom stereocenters. The van der Waals surface area contributed by atoms with Crippen LogP contribution in [0.4, 0.5) is 4.79 Å². The third kappa shape index (κ3) is 4.32. The Balaban J connectivity index is 2.02. The van der Waals surface area contributed by atoms with Gasteiger partial charge in [0.05, 0.1) is 11.6 Å². The first-order valence-corrected chi connectivity index (χ1v) is 8.20. The van der Waals surface area contributed by atoms with Gasteiger partial charge in [0.1, 0.15) is 11.4 Å². The zero-order chi connectivity index (χ0) is 18.1. The number of halogens is 1. The molecule has 1 saturated heterocycles. The van der Waals surface area contributed by atoms with Crippen molar-refractivity contribution >= 4 is 23.6 Å². The topological polar surface area (TPSA) is 70.1 Å². The van der Waals surface area contributed by atoms with E-state index in [1.54, 1.807) is 22.9 Å². The van der Waals surface area contributed by atoms with Crippen molar-refractivity contribution in [3.63, 3.8) is 0 Å². The molecule has 6 nitrogen and oxygen atoms in total. The zero-order valence-corrected chi connectivity index (χ0v) is 15.1. The highest BCUT2D eigenvalue weighted by molar-refractivity contribution is 6.30. The van der Waals surface area contributed by atoms with E-state index in [-0.39, 0.29) is 29.4 Å². The van der Waals surface area contributed by atoms with Crippen LogP contribution in [-0.4, -0.2) is 58.7 Å². The third-order valence-corrected chi connectivity index (χ3v) is 4.11. The van der Waals surface area contributed by atoms with Gasteiger partial charge >= 0.3 is 6.09 Å². The number of carbonyl (C=O) groups is 2. The van der Waals surface area contributed by atoms with E-state index in [9.17, 15) is 14.7 Å². The zero-order valence-electron chi connectivity index (χ0n) is 14.4. The number of rotatable bonds is 2. The van der Waals surface area contributed by atoms with Crippen LogP contribution in [0.15, 0.2) is 18.2 Å². The minimum absolute atomic E-state index is 0.125. The second kappa shape index (κ2) is 6.89. The van der Waals surface area contributed by atoms with Gasteiger partial charge in [-0.15, -0.1) is 0 Å². The summed E-state index contributed by atoms with van der Waals surface area (Å²) in [4.78, 5) is 27.8. The highest BCUT2D eigenvalue weighted by atomic mass is 35.5. The van der Waals surface area contributed by atoms with E-state index in [2.05, 4.69) is 0 Å². The van der Waals surface area contributed by atoms with Crippen molar-refractivity contribution in [2.75, 3.05) is 20.1 Å². The molecule has 0 aliphatic carbocycles. The summed E-state index contributed by atoms with van der Waals surface area (Å²) >= 11 is 5.79. The molecule has 1 aliphatic heterocycles. The van der Waals surface area contributed by atoms with Crippen LogP contribution >= 0.6 is 11.6 Å². The number of ether oxygens (including phenoxy) is 1. The average Bonchev–Trinajstić information content (AvgIpc) is 2.94. The van der Waals surface area contributed by atoms with Crippen molar-refractivity contribution in [2.24, 2.45) is 0 Å². The lowest BCUT2D eigenvalue weighted by Crippen LogP contribution is -2.41. The maximum Gasteiger partial charge on any atom is 0.410 e. The number of benzene rings is 1. The number of phenolic OH excluding ortho intramolecular Hbond substituents is 1. The van der Waals surface area contributed by atoms with Gasteiger partial charge < -0.3 is 19.6 Å². The smallest absolute Gasteiger partial charge is 0.410 e. The Morgan fingerprint density at radius 3 is 2.62 bits per heavy atom. The van der Waals surface area contributed by atoms with Gasteiger partial charge in [0.25, 0.3) is 5.91 Å². The summed E-state index contributed by atoms with van der Waals surface area (Å²) in [5.74, 6) is -0.457. The first-order chi connectivity index (χ1) is 11.1. The molecule has 0 aromatic heterocycles. The van der Waals surface area contributed by atoms with E-state index in [0.29, 0.717) is 24.5 Å². The molecule has 1 aromatic rings. The number of likely N-dealkylation sites (N-methyl/N-ethyl adjacent to an activating group) is 1. The van der Waals surface area contributed by atoms with Gasteiger partial charge in [-0.05, 0) is 45.4 Å². The number of nitrogens with zero attached hydrogens (tertiary/aromatic N) is 2.